The Bertz CT molecular complexity index is 848. The number of rotatable bonds is 6. The van der Waals surface area contributed by atoms with Crippen molar-refractivity contribution in [3.05, 3.63) is 46.0 Å². The van der Waals surface area contributed by atoms with Crippen LogP contribution in [-0.2, 0) is 24.2 Å². The van der Waals surface area contributed by atoms with Crippen molar-refractivity contribution in [2.24, 2.45) is 0 Å². The van der Waals surface area contributed by atoms with E-state index in [9.17, 15) is 28.1 Å². The van der Waals surface area contributed by atoms with Gasteiger partial charge in [-0.15, -0.1) is 0 Å². The van der Waals surface area contributed by atoms with Gasteiger partial charge in [0.1, 0.15) is 0 Å². The number of hydrogen-bond acceptors (Lipinski definition) is 7. The van der Waals surface area contributed by atoms with Gasteiger partial charge in [-0.1, -0.05) is 12.1 Å². The molecule has 0 aliphatic carbocycles. The van der Waals surface area contributed by atoms with Crippen molar-refractivity contribution in [1.82, 2.24) is 4.90 Å². The first-order valence-corrected chi connectivity index (χ1v) is 9.56. The first-order chi connectivity index (χ1) is 12.2. The maximum atomic E-state index is 12.0. The fourth-order valence-electron chi connectivity index (χ4n) is 2.52. The SMILES string of the molecule is CN(C(=O)COC(=O)/C=C/c1ccccc1[N+](=O)[O-])[C@@H]1CCS(=O)(=O)C1. The topological polar surface area (TPSA) is 124 Å². The molecule has 1 aliphatic rings. The van der Waals surface area contributed by atoms with Crippen LogP contribution in [0, 0.1) is 10.1 Å². The zero-order valence-corrected chi connectivity index (χ0v) is 14.8. The van der Waals surface area contributed by atoms with E-state index in [2.05, 4.69) is 0 Å². The van der Waals surface area contributed by atoms with Crippen LogP contribution in [0.25, 0.3) is 6.08 Å². The van der Waals surface area contributed by atoms with E-state index in [1.165, 1.54) is 36.2 Å². The number of nitro benzene ring substituents is 1. The highest BCUT2D eigenvalue weighted by atomic mass is 32.2. The fraction of sp³-hybridized carbons (Fsp3) is 0.375. The number of carbonyl (C=O) groups is 2. The van der Waals surface area contributed by atoms with Crippen molar-refractivity contribution >= 4 is 33.5 Å². The van der Waals surface area contributed by atoms with E-state index in [1.807, 2.05) is 0 Å². The summed E-state index contributed by atoms with van der Waals surface area (Å²) in [4.78, 5) is 35.3. The zero-order valence-electron chi connectivity index (χ0n) is 14.0. The lowest BCUT2D eigenvalue weighted by Gasteiger charge is -2.22. The Labute approximate surface area is 150 Å². The van der Waals surface area contributed by atoms with Crippen LogP contribution in [0.15, 0.2) is 30.3 Å². The molecule has 1 saturated heterocycles. The summed E-state index contributed by atoms with van der Waals surface area (Å²) in [5.41, 5.74) is 0.0730. The summed E-state index contributed by atoms with van der Waals surface area (Å²) in [6.07, 6.45) is 2.59. The van der Waals surface area contributed by atoms with Gasteiger partial charge in [-0.2, -0.15) is 0 Å². The standard InChI is InChI=1S/C16H18N2O7S/c1-17(13-8-9-26(23,24)11-13)15(19)10-25-16(20)7-6-12-4-2-3-5-14(12)18(21)22/h2-7,13H,8-11H2,1H3/b7-6+/t13-/m1/s1. The van der Waals surface area contributed by atoms with Crippen LogP contribution < -0.4 is 0 Å². The van der Waals surface area contributed by atoms with Gasteiger partial charge in [-0.05, 0) is 18.6 Å². The highest BCUT2D eigenvalue weighted by molar-refractivity contribution is 7.91. The summed E-state index contributed by atoms with van der Waals surface area (Å²) < 4.78 is 27.7. The van der Waals surface area contributed by atoms with Gasteiger partial charge in [0, 0.05) is 25.2 Å². The van der Waals surface area contributed by atoms with Crippen LogP contribution >= 0.6 is 0 Å². The van der Waals surface area contributed by atoms with Gasteiger partial charge in [0.15, 0.2) is 16.4 Å². The minimum Gasteiger partial charge on any atom is -0.452 e. The number of nitrogens with zero attached hydrogens (tertiary/aromatic N) is 2. The number of nitro groups is 1. The molecule has 140 valence electrons. The monoisotopic (exact) mass is 382 g/mol. The molecule has 1 aliphatic heterocycles. The second-order valence-corrected chi connectivity index (χ2v) is 8.05. The van der Waals surface area contributed by atoms with Gasteiger partial charge in [0.05, 0.1) is 22.0 Å². The molecule has 10 heteroatoms. The van der Waals surface area contributed by atoms with Gasteiger partial charge in [-0.25, -0.2) is 13.2 Å². The highest BCUT2D eigenvalue weighted by Crippen LogP contribution is 2.19. The average Bonchev–Trinajstić information content (AvgIpc) is 2.97. The Morgan fingerprint density at radius 3 is 2.69 bits per heavy atom. The number of hydrogen-bond donors (Lipinski definition) is 0. The van der Waals surface area contributed by atoms with Gasteiger partial charge >= 0.3 is 5.97 Å². The number of carbonyl (C=O) groups excluding carboxylic acids is 2. The van der Waals surface area contributed by atoms with Crippen LogP contribution in [0.3, 0.4) is 0 Å². The van der Waals surface area contributed by atoms with Crippen LogP contribution in [0.5, 0.6) is 0 Å². The minimum absolute atomic E-state index is 0.0354. The Hall–Kier alpha value is -2.75. The largest absolute Gasteiger partial charge is 0.452 e. The number of para-hydroxylation sites is 1. The van der Waals surface area contributed by atoms with E-state index in [1.54, 1.807) is 6.07 Å². The Morgan fingerprint density at radius 1 is 1.38 bits per heavy atom. The normalized spacial score (nSPS) is 18.6. The number of likely N-dealkylation sites (N-methyl/N-ethyl adjacent to an activating group) is 1. The van der Waals surface area contributed by atoms with E-state index in [-0.39, 0.29) is 22.8 Å². The number of ether oxygens (including phenoxy) is 1. The zero-order chi connectivity index (χ0) is 19.3. The number of amides is 1. The third-order valence-corrected chi connectivity index (χ3v) is 5.77. The molecule has 9 nitrogen and oxygen atoms in total. The first-order valence-electron chi connectivity index (χ1n) is 7.74. The molecular weight excluding hydrogens is 364 g/mol. The molecule has 1 aromatic rings. The van der Waals surface area contributed by atoms with Crippen molar-refractivity contribution in [3.63, 3.8) is 0 Å². The number of esters is 1. The lowest BCUT2D eigenvalue weighted by atomic mass is 10.1. The summed E-state index contributed by atoms with van der Waals surface area (Å²) >= 11 is 0. The summed E-state index contributed by atoms with van der Waals surface area (Å²) in [6, 6.07) is 5.45. The Kier molecular flexibility index (Phi) is 6.09. The van der Waals surface area contributed by atoms with Crippen LogP contribution in [-0.4, -0.2) is 61.3 Å². The highest BCUT2D eigenvalue weighted by Gasteiger charge is 2.32. The second-order valence-electron chi connectivity index (χ2n) is 5.82. The maximum Gasteiger partial charge on any atom is 0.331 e. The lowest BCUT2D eigenvalue weighted by Crippen LogP contribution is -2.40. The lowest BCUT2D eigenvalue weighted by molar-refractivity contribution is -0.385. The quantitative estimate of drug-likeness (QED) is 0.308. The predicted molar refractivity (Wildman–Crippen MR) is 92.9 cm³/mol. The fourth-order valence-corrected chi connectivity index (χ4v) is 4.29. The van der Waals surface area contributed by atoms with E-state index in [0.717, 1.165) is 6.08 Å². The molecule has 1 amide bonds. The van der Waals surface area contributed by atoms with Gasteiger partial charge in [0.2, 0.25) is 0 Å². The smallest absolute Gasteiger partial charge is 0.331 e. The van der Waals surface area contributed by atoms with Crippen molar-refractivity contribution in [3.8, 4) is 0 Å². The molecule has 2 rings (SSSR count). The van der Waals surface area contributed by atoms with Crippen molar-refractivity contribution in [2.45, 2.75) is 12.5 Å². The third-order valence-electron chi connectivity index (χ3n) is 4.02. The molecule has 0 saturated carbocycles. The van der Waals surface area contributed by atoms with Crippen LogP contribution in [0.1, 0.15) is 12.0 Å². The number of benzene rings is 1. The van der Waals surface area contributed by atoms with Gasteiger partial charge in [-0.3, -0.25) is 14.9 Å². The van der Waals surface area contributed by atoms with E-state index < -0.39 is 39.3 Å². The van der Waals surface area contributed by atoms with E-state index in [4.69, 9.17) is 4.74 Å². The second kappa shape index (κ2) is 8.09. The summed E-state index contributed by atoms with van der Waals surface area (Å²) in [5.74, 6) is -1.41. The molecule has 0 unspecified atom stereocenters. The molecule has 0 bridgehead atoms. The van der Waals surface area contributed by atoms with Crippen molar-refractivity contribution < 1.29 is 27.7 Å². The number of sulfone groups is 1. The molecule has 1 fully saturated rings. The third kappa shape index (κ3) is 5.12. The van der Waals surface area contributed by atoms with Crippen molar-refractivity contribution in [2.75, 3.05) is 25.2 Å². The first kappa shape index (κ1) is 19.6. The predicted octanol–water partition coefficient (Wildman–Crippen LogP) is 0.797. The summed E-state index contributed by atoms with van der Waals surface area (Å²) in [5, 5.41) is 10.9. The molecular formula is C16H18N2O7S. The van der Waals surface area contributed by atoms with Crippen LogP contribution in [0.2, 0.25) is 0 Å². The Balaban J connectivity index is 1.89. The molecule has 0 aromatic heterocycles. The van der Waals surface area contributed by atoms with E-state index in [0.29, 0.717) is 6.42 Å². The summed E-state index contributed by atoms with van der Waals surface area (Å²) in [7, 11) is -1.66. The van der Waals surface area contributed by atoms with Gasteiger partial charge < -0.3 is 9.64 Å². The molecule has 26 heavy (non-hydrogen) atoms. The average molecular weight is 382 g/mol. The summed E-state index contributed by atoms with van der Waals surface area (Å²) in [6.45, 7) is -0.535. The maximum absolute atomic E-state index is 12.0. The molecule has 1 heterocycles. The molecule has 1 aromatic carbocycles. The molecule has 0 N–H and O–H groups in total. The van der Waals surface area contributed by atoms with Crippen LogP contribution in [0.4, 0.5) is 5.69 Å². The minimum atomic E-state index is -3.12. The van der Waals surface area contributed by atoms with Crippen molar-refractivity contribution in [1.29, 1.82) is 0 Å². The molecule has 1 atom stereocenters. The van der Waals surface area contributed by atoms with E-state index >= 15 is 0 Å². The molecule has 0 spiro atoms. The molecule has 0 radical (unpaired) electrons. The van der Waals surface area contributed by atoms with Gasteiger partial charge in [0.25, 0.3) is 11.6 Å². The Morgan fingerprint density at radius 2 is 2.08 bits per heavy atom.